The Balaban J connectivity index is 1.87. The lowest BCUT2D eigenvalue weighted by molar-refractivity contribution is -0.148. The number of hydrogen-bond acceptors (Lipinski definition) is 4. The first-order valence-electron chi connectivity index (χ1n) is 6.98. The molecule has 1 aromatic carbocycles. The lowest BCUT2D eigenvalue weighted by atomic mass is 9.83. The highest BCUT2D eigenvalue weighted by molar-refractivity contribution is 5.77. The van der Waals surface area contributed by atoms with E-state index in [9.17, 15) is 9.90 Å². The molecule has 1 aliphatic rings. The van der Waals surface area contributed by atoms with Crippen LogP contribution < -0.4 is 4.90 Å². The average molecular weight is 274 g/mol. The summed E-state index contributed by atoms with van der Waals surface area (Å²) in [7, 11) is 0. The minimum atomic E-state index is -0.710. The quantitative estimate of drug-likeness (QED) is 0.928. The zero-order chi connectivity index (χ0) is 14.2. The number of fused-ring (bicyclic) bond motifs is 1. The monoisotopic (exact) mass is 274 g/mol. The van der Waals surface area contributed by atoms with E-state index in [1.165, 1.54) is 0 Å². The summed E-state index contributed by atoms with van der Waals surface area (Å²) in [6.45, 7) is 3.18. The Labute approximate surface area is 117 Å². The van der Waals surface area contributed by atoms with Gasteiger partial charge >= 0.3 is 5.97 Å². The van der Waals surface area contributed by atoms with E-state index in [1.54, 1.807) is 0 Å². The number of oxazole rings is 1. The van der Waals surface area contributed by atoms with Crippen LogP contribution in [0.2, 0.25) is 0 Å². The predicted octanol–water partition coefficient (Wildman–Crippen LogP) is 2.91. The van der Waals surface area contributed by atoms with E-state index < -0.39 is 11.4 Å². The van der Waals surface area contributed by atoms with Gasteiger partial charge in [0.15, 0.2) is 5.58 Å². The number of aliphatic carboxylic acids is 1. The van der Waals surface area contributed by atoms with Gasteiger partial charge in [0.25, 0.3) is 6.01 Å². The smallest absolute Gasteiger partial charge is 0.311 e. The summed E-state index contributed by atoms with van der Waals surface area (Å²) in [6, 6.07) is 8.12. The molecule has 20 heavy (non-hydrogen) atoms. The fourth-order valence-corrected chi connectivity index (χ4v) is 3.00. The summed E-state index contributed by atoms with van der Waals surface area (Å²) in [5.74, 6) is -0.710. The molecule has 3 rings (SSSR count). The van der Waals surface area contributed by atoms with Crippen molar-refractivity contribution in [2.75, 3.05) is 18.0 Å². The van der Waals surface area contributed by atoms with Gasteiger partial charge in [-0.15, -0.1) is 0 Å². The van der Waals surface area contributed by atoms with Crippen molar-refractivity contribution in [3.8, 4) is 0 Å². The minimum Gasteiger partial charge on any atom is -0.481 e. The molecular formula is C15H18N2O3. The standard InChI is InChI=1S/C15H18N2O3/c1-2-7-15(13(18)19)8-9-17(10-15)14-16-11-5-3-4-6-12(11)20-14/h3-6H,2,7-10H2,1H3,(H,18,19). The third-order valence-corrected chi connectivity index (χ3v) is 4.09. The summed E-state index contributed by atoms with van der Waals surface area (Å²) in [4.78, 5) is 18.0. The van der Waals surface area contributed by atoms with Gasteiger partial charge < -0.3 is 14.4 Å². The number of anilines is 1. The third kappa shape index (κ3) is 2.03. The van der Waals surface area contributed by atoms with E-state index in [0.717, 1.165) is 17.5 Å². The van der Waals surface area contributed by atoms with E-state index in [0.29, 0.717) is 31.9 Å². The van der Waals surface area contributed by atoms with Gasteiger partial charge in [0.2, 0.25) is 0 Å². The number of benzene rings is 1. The van der Waals surface area contributed by atoms with Crippen LogP contribution in [0.4, 0.5) is 6.01 Å². The van der Waals surface area contributed by atoms with Crippen LogP contribution in [0.15, 0.2) is 28.7 Å². The van der Waals surface area contributed by atoms with Crippen molar-refractivity contribution < 1.29 is 14.3 Å². The maximum Gasteiger partial charge on any atom is 0.311 e. The molecule has 1 saturated heterocycles. The first-order chi connectivity index (χ1) is 9.64. The number of aromatic nitrogens is 1. The Morgan fingerprint density at radius 1 is 1.50 bits per heavy atom. The van der Waals surface area contributed by atoms with Gasteiger partial charge in [-0.05, 0) is 25.0 Å². The highest BCUT2D eigenvalue weighted by Crippen LogP contribution is 2.38. The van der Waals surface area contributed by atoms with Crippen molar-refractivity contribution in [1.29, 1.82) is 0 Å². The molecule has 0 saturated carbocycles. The second-order valence-corrected chi connectivity index (χ2v) is 5.47. The molecule has 5 nitrogen and oxygen atoms in total. The van der Waals surface area contributed by atoms with Crippen molar-refractivity contribution in [3.63, 3.8) is 0 Å². The van der Waals surface area contributed by atoms with Crippen molar-refractivity contribution >= 4 is 23.1 Å². The molecular weight excluding hydrogens is 256 g/mol. The topological polar surface area (TPSA) is 66.6 Å². The molecule has 0 amide bonds. The van der Waals surface area contributed by atoms with Crippen LogP contribution in [0.3, 0.4) is 0 Å². The Bertz CT molecular complexity index is 604. The highest BCUT2D eigenvalue weighted by atomic mass is 16.4. The minimum absolute atomic E-state index is 0.475. The number of carboxylic acid groups (broad SMARTS) is 1. The lowest BCUT2D eigenvalue weighted by Gasteiger charge is -2.23. The molecule has 1 unspecified atom stereocenters. The first kappa shape index (κ1) is 13.0. The van der Waals surface area contributed by atoms with Gasteiger partial charge in [0.05, 0.1) is 5.41 Å². The van der Waals surface area contributed by atoms with Crippen molar-refractivity contribution in [1.82, 2.24) is 4.98 Å². The van der Waals surface area contributed by atoms with Crippen LogP contribution >= 0.6 is 0 Å². The van der Waals surface area contributed by atoms with Gasteiger partial charge in [-0.25, -0.2) is 0 Å². The molecule has 1 atom stereocenters. The predicted molar refractivity (Wildman–Crippen MR) is 75.8 cm³/mol. The molecule has 0 aliphatic carbocycles. The lowest BCUT2D eigenvalue weighted by Crippen LogP contribution is -2.34. The van der Waals surface area contributed by atoms with Crippen LogP contribution in [-0.4, -0.2) is 29.1 Å². The number of carbonyl (C=O) groups is 1. The number of hydrogen-bond donors (Lipinski definition) is 1. The third-order valence-electron chi connectivity index (χ3n) is 4.09. The second kappa shape index (κ2) is 4.81. The van der Waals surface area contributed by atoms with Crippen LogP contribution in [0.25, 0.3) is 11.1 Å². The molecule has 1 fully saturated rings. The summed E-state index contributed by atoms with van der Waals surface area (Å²) < 4.78 is 5.73. The Morgan fingerprint density at radius 3 is 3.00 bits per heavy atom. The normalized spacial score (nSPS) is 22.6. The molecule has 106 valence electrons. The number of nitrogens with zero attached hydrogens (tertiary/aromatic N) is 2. The van der Waals surface area contributed by atoms with Gasteiger partial charge in [0, 0.05) is 13.1 Å². The molecule has 1 aliphatic heterocycles. The zero-order valence-corrected chi connectivity index (χ0v) is 11.5. The molecule has 0 bridgehead atoms. The Morgan fingerprint density at radius 2 is 2.30 bits per heavy atom. The SMILES string of the molecule is CCCC1(C(=O)O)CCN(c2nc3ccccc3o2)C1. The summed E-state index contributed by atoms with van der Waals surface area (Å²) >= 11 is 0. The van der Waals surface area contributed by atoms with Crippen molar-refractivity contribution in [2.24, 2.45) is 5.41 Å². The second-order valence-electron chi connectivity index (χ2n) is 5.47. The molecule has 1 aromatic heterocycles. The molecule has 0 radical (unpaired) electrons. The van der Waals surface area contributed by atoms with E-state index in [-0.39, 0.29) is 0 Å². The number of rotatable bonds is 4. The summed E-state index contributed by atoms with van der Waals surface area (Å²) in [5, 5.41) is 9.52. The summed E-state index contributed by atoms with van der Waals surface area (Å²) in [5.41, 5.74) is 0.895. The largest absolute Gasteiger partial charge is 0.481 e. The molecule has 5 heteroatoms. The maximum atomic E-state index is 11.6. The average Bonchev–Trinajstić information content (AvgIpc) is 3.03. The van der Waals surface area contributed by atoms with Gasteiger partial charge in [-0.3, -0.25) is 4.79 Å². The van der Waals surface area contributed by atoms with Gasteiger partial charge in [-0.2, -0.15) is 4.98 Å². The van der Waals surface area contributed by atoms with Crippen LogP contribution in [0.1, 0.15) is 26.2 Å². The number of carboxylic acids is 1. The Hall–Kier alpha value is -2.04. The van der Waals surface area contributed by atoms with Crippen molar-refractivity contribution in [3.05, 3.63) is 24.3 Å². The first-order valence-corrected chi connectivity index (χ1v) is 6.98. The fourth-order valence-electron chi connectivity index (χ4n) is 3.00. The maximum absolute atomic E-state index is 11.6. The van der Waals surface area contributed by atoms with Crippen LogP contribution in [0.5, 0.6) is 0 Å². The van der Waals surface area contributed by atoms with Gasteiger partial charge in [-0.1, -0.05) is 25.5 Å². The van der Waals surface area contributed by atoms with Crippen LogP contribution in [-0.2, 0) is 4.79 Å². The van der Waals surface area contributed by atoms with E-state index in [4.69, 9.17) is 4.42 Å². The summed E-state index contributed by atoms with van der Waals surface area (Å²) in [6.07, 6.45) is 2.21. The molecule has 2 aromatic rings. The van der Waals surface area contributed by atoms with Crippen LogP contribution in [0, 0.1) is 5.41 Å². The highest BCUT2D eigenvalue weighted by Gasteiger charge is 2.45. The van der Waals surface area contributed by atoms with E-state index in [1.807, 2.05) is 36.1 Å². The zero-order valence-electron chi connectivity index (χ0n) is 11.5. The molecule has 0 spiro atoms. The molecule has 2 heterocycles. The van der Waals surface area contributed by atoms with E-state index >= 15 is 0 Å². The van der Waals surface area contributed by atoms with Crippen molar-refractivity contribution in [2.45, 2.75) is 26.2 Å². The van der Waals surface area contributed by atoms with E-state index in [2.05, 4.69) is 4.98 Å². The number of para-hydroxylation sites is 2. The van der Waals surface area contributed by atoms with Gasteiger partial charge in [0.1, 0.15) is 5.52 Å². The molecule has 1 N–H and O–H groups in total. The fraction of sp³-hybridized carbons (Fsp3) is 0.467. The Kier molecular flexibility index (Phi) is 3.12.